The number of ether oxygens (including phenoxy) is 1. The molecule has 2 aromatic heterocycles. The van der Waals surface area contributed by atoms with E-state index in [0.29, 0.717) is 31.1 Å². The van der Waals surface area contributed by atoms with Crippen molar-refractivity contribution in [3.8, 4) is 0 Å². The van der Waals surface area contributed by atoms with Crippen molar-refractivity contribution in [2.45, 2.75) is 13.0 Å². The van der Waals surface area contributed by atoms with E-state index in [9.17, 15) is 9.90 Å². The van der Waals surface area contributed by atoms with Gasteiger partial charge >= 0.3 is 0 Å². The third-order valence-corrected chi connectivity index (χ3v) is 2.41. The van der Waals surface area contributed by atoms with Crippen molar-refractivity contribution in [1.82, 2.24) is 9.61 Å². The second-order valence-corrected chi connectivity index (χ2v) is 3.34. The Hall–Kier alpha value is -1.82. The lowest BCUT2D eigenvalue weighted by Gasteiger charge is -2.09. The van der Waals surface area contributed by atoms with Gasteiger partial charge in [0.2, 0.25) is 5.71 Å². The minimum atomic E-state index is -1.30. The maximum absolute atomic E-state index is 10.6. The summed E-state index contributed by atoms with van der Waals surface area (Å²) in [5.41, 5.74) is 1.19. The molecule has 2 aromatic rings. The molecule has 0 bridgehead atoms. The lowest BCUT2D eigenvalue weighted by Crippen LogP contribution is -2.23. The molecule has 0 radical (unpaired) electrons. The highest BCUT2D eigenvalue weighted by atomic mass is 16.5. The predicted molar refractivity (Wildman–Crippen MR) is 45.1 cm³/mol. The first-order chi connectivity index (χ1) is 7.25. The predicted octanol–water partition coefficient (Wildman–Crippen LogP) is -0.637. The van der Waals surface area contributed by atoms with Crippen LogP contribution in [0.5, 0.6) is 0 Å². The maximum Gasteiger partial charge on any atom is 0.222 e. The molecule has 0 N–H and O–H groups in total. The number of carbonyl (C=O) groups is 1. The first-order valence-corrected chi connectivity index (χ1v) is 4.55. The summed E-state index contributed by atoms with van der Waals surface area (Å²) in [6.45, 7) is 1.02. The van der Waals surface area contributed by atoms with Gasteiger partial charge in [-0.1, -0.05) is 0 Å². The van der Waals surface area contributed by atoms with Gasteiger partial charge in [-0.25, -0.2) is 4.52 Å². The minimum absolute atomic E-state index is 0.108. The molecule has 1 aliphatic heterocycles. The van der Waals surface area contributed by atoms with Crippen molar-refractivity contribution in [3.05, 3.63) is 23.2 Å². The van der Waals surface area contributed by atoms with Gasteiger partial charge in [-0.3, -0.25) is 0 Å². The van der Waals surface area contributed by atoms with Crippen molar-refractivity contribution >= 4 is 11.7 Å². The van der Waals surface area contributed by atoms with Gasteiger partial charge in [0.25, 0.3) is 0 Å². The van der Waals surface area contributed by atoms with Crippen LogP contribution in [0.1, 0.15) is 21.9 Å². The molecule has 6 heteroatoms. The molecule has 0 aliphatic carbocycles. The third kappa shape index (κ3) is 1.15. The van der Waals surface area contributed by atoms with E-state index < -0.39 is 5.97 Å². The number of hydrogen-bond donors (Lipinski definition) is 0. The van der Waals surface area contributed by atoms with Crippen LogP contribution in [-0.4, -0.2) is 22.2 Å². The van der Waals surface area contributed by atoms with Gasteiger partial charge in [-0.2, -0.15) is 5.10 Å². The molecule has 3 heterocycles. The number of fused-ring (bicyclic) bond motifs is 3. The third-order valence-electron chi connectivity index (χ3n) is 2.41. The number of aromatic carboxylic acids is 1. The fourth-order valence-electron chi connectivity index (χ4n) is 1.72. The molecule has 78 valence electrons. The number of carboxylic acid groups (broad SMARTS) is 1. The summed E-state index contributed by atoms with van der Waals surface area (Å²) in [6.07, 6.45) is 0.677. The van der Waals surface area contributed by atoms with Crippen molar-refractivity contribution in [1.29, 1.82) is 0 Å². The summed E-state index contributed by atoms with van der Waals surface area (Å²) in [5, 5.41) is 14.5. The highest BCUT2D eigenvalue weighted by Crippen LogP contribution is 2.22. The second kappa shape index (κ2) is 2.83. The highest BCUT2D eigenvalue weighted by molar-refractivity contribution is 5.84. The molecule has 0 saturated carbocycles. The molecule has 0 fully saturated rings. The van der Waals surface area contributed by atoms with Crippen LogP contribution in [0.3, 0.4) is 0 Å². The monoisotopic (exact) mass is 207 g/mol. The zero-order valence-corrected chi connectivity index (χ0v) is 7.73. The van der Waals surface area contributed by atoms with Gasteiger partial charge in [0.1, 0.15) is 12.3 Å². The van der Waals surface area contributed by atoms with E-state index in [2.05, 4.69) is 5.10 Å². The van der Waals surface area contributed by atoms with Gasteiger partial charge < -0.3 is 19.1 Å². The molecule has 0 saturated heterocycles. The Morgan fingerprint density at radius 3 is 3.27 bits per heavy atom. The summed E-state index contributed by atoms with van der Waals surface area (Å²) in [7, 11) is 0. The molecule has 0 spiro atoms. The summed E-state index contributed by atoms with van der Waals surface area (Å²) in [6, 6.07) is 1.35. The van der Waals surface area contributed by atoms with Crippen LogP contribution in [-0.2, 0) is 17.8 Å². The Labute approximate surface area is 84.1 Å². The molecule has 0 atom stereocenters. The lowest BCUT2D eigenvalue weighted by molar-refractivity contribution is -0.255. The van der Waals surface area contributed by atoms with E-state index in [4.69, 9.17) is 9.15 Å². The number of hydrogen-bond acceptors (Lipinski definition) is 5. The van der Waals surface area contributed by atoms with Crippen LogP contribution in [0.2, 0.25) is 0 Å². The fraction of sp³-hybridized carbons (Fsp3) is 0.333. The van der Waals surface area contributed by atoms with Crippen molar-refractivity contribution in [2.24, 2.45) is 0 Å². The summed E-state index contributed by atoms with van der Waals surface area (Å²) in [4.78, 5) is 10.6. The normalized spacial score (nSPS) is 15.5. The average molecular weight is 207 g/mol. The number of rotatable bonds is 1. The Kier molecular flexibility index (Phi) is 1.60. The largest absolute Gasteiger partial charge is 0.543 e. The molecule has 0 amide bonds. The van der Waals surface area contributed by atoms with Crippen LogP contribution >= 0.6 is 0 Å². The fourth-order valence-corrected chi connectivity index (χ4v) is 1.72. The zero-order valence-electron chi connectivity index (χ0n) is 7.73. The molecule has 0 unspecified atom stereocenters. The standard InChI is InChI=1S/C9H8N2O4/c12-9(13)5-3-8-11(10-5)6-1-2-14-4-7(6)15-8/h3H,1-2,4H2,(H,12,13)/p-1. The van der Waals surface area contributed by atoms with Gasteiger partial charge in [-0.05, 0) is 0 Å². The van der Waals surface area contributed by atoms with Crippen LogP contribution in [0.4, 0.5) is 0 Å². The number of carboxylic acids is 1. The molecule has 6 nitrogen and oxygen atoms in total. The molecular formula is C9H7N2O4-. The Morgan fingerprint density at radius 2 is 2.47 bits per heavy atom. The maximum atomic E-state index is 10.6. The van der Waals surface area contributed by atoms with E-state index >= 15 is 0 Å². The van der Waals surface area contributed by atoms with E-state index in [1.54, 1.807) is 0 Å². The van der Waals surface area contributed by atoms with E-state index in [-0.39, 0.29) is 5.69 Å². The molecular weight excluding hydrogens is 200 g/mol. The highest BCUT2D eigenvalue weighted by Gasteiger charge is 2.20. The average Bonchev–Trinajstić information content (AvgIpc) is 2.73. The van der Waals surface area contributed by atoms with Crippen molar-refractivity contribution < 1.29 is 19.1 Å². The van der Waals surface area contributed by atoms with Crippen LogP contribution < -0.4 is 5.11 Å². The number of carbonyl (C=O) groups excluding carboxylic acids is 1. The minimum Gasteiger partial charge on any atom is -0.543 e. The van der Waals surface area contributed by atoms with Crippen molar-refractivity contribution in [3.63, 3.8) is 0 Å². The molecule has 0 aromatic carbocycles. The zero-order chi connectivity index (χ0) is 10.4. The Balaban J connectivity index is 2.21. The van der Waals surface area contributed by atoms with E-state index in [1.807, 2.05) is 0 Å². The van der Waals surface area contributed by atoms with E-state index in [0.717, 1.165) is 5.69 Å². The first kappa shape index (κ1) is 8.49. The number of nitrogens with zero attached hydrogens (tertiary/aromatic N) is 2. The molecule has 15 heavy (non-hydrogen) atoms. The number of aromatic nitrogens is 2. The van der Waals surface area contributed by atoms with Crippen LogP contribution in [0, 0.1) is 0 Å². The first-order valence-electron chi connectivity index (χ1n) is 4.55. The summed E-state index contributed by atoms with van der Waals surface area (Å²) >= 11 is 0. The summed E-state index contributed by atoms with van der Waals surface area (Å²) < 4.78 is 12.1. The number of oxazole rings is 1. The topological polar surface area (TPSA) is 79.8 Å². The van der Waals surface area contributed by atoms with Gasteiger partial charge in [0.15, 0.2) is 5.76 Å². The lowest BCUT2D eigenvalue weighted by atomic mass is 10.2. The van der Waals surface area contributed by atoms with E-state index in [1.165, 1.54) is 10.6 Å². The smallest absolute Gasteiger partial charge is 0.222 e. The van der Waals surface area contributed by atoms with Gasteiger partial charge in [0, 0.05) is 12.5 Å². The Morgan fingerprint density at radius 1 is 1.60 bits per heavy atom. The summed E-state index contributed by atoms with van der Waals surface area (Å²) in [5.74, 6) is -0.580. The van der Waals surface area contributed by atoms with Crippen molar-refractivity contribution in [2.75, 3.05) is 6.61 Å². The van der Waals surface area contributed by atoms with Crippen LogP contribution in [0.15, 0.2) is 10.5 Å². The Bertz CT molecular complexity index is 540. The van der Waals surface area contributed by atoms with Crippen LogP contribution in [0.25, 0.3) is 5.71 Å². The van der Waals surface area contributed by atoms with Gasteiger partial charge in [-0.15, -0.1) is 0 Å². The molecule has 3 rings (SSSR count). The van der Waals surface area contributed by atoms with Gasteiger partial charge in [0.05, 0.1) is 18.3 Å². The molecule has 1 aliphatic rings. The SMILES string of the molecule is O=C([O-])c1cc2oc3c(n2n1)CCOC3. The quantitative estimate of drug-likeness (QED) is 0.621. The second-order valence-electron chi connectivity index (χ2n) is 3.34.